The van der Waals surface area contributed by atoms with Crippen LogP contribution in [0.5, 0.6) is 0 Å². The lowest BCUT2D eigenvalue weighted by Crippen LogP contribution is -2.07. The maximum Gasteiger partial charge on any atom is 0.145 e. The van der Waals surface area contributed by atoms with Gasteiger partial charge in [-0.05, 0) is 61.5 Å². The smallest absolute Gasteiger partial charge is 0.145 e. The van der Waals surface area contributed by atoms with Crippen molar-refractivity contribution in [2.45, 2.75) is 6.92 Å². The summed E-state index contributed by atoms with van der Waals surface area (Å²) in [7, 11) is 6.53. The lowest BCUT2D eigenvalue weighted by molar-refractivity contribution is 1.10. The van der Waals surface area contributed by atoms with Gasteiger partial charge < -0.3 is 0 Å². The summed E-state index contributed by atoms with van der Waals surface area (Å²) in [4.78, 5) is 10.1. The summed E-state index contributed by atoms with van der Waals surface area (Å²) in [6.07, 6.45) is 7.88. The van der Waals surface area contributed by atoms with Gasteiger partial charge in [0.05, 0.1) is 22.1 Å². The molecule has 2 radical (unpaired) electrons. The van der Waals surface area contributed by atoms with Crippen LogP contribution in [0.2, 0.25) is 0 Å². The minimum absolute atomic E-state index is 0.639. The number of fused-ring (bicyclic) bond motifs is 2. The molecule has 0 atom stereocenters. The van der Waals surface area contributed by atoms with Crippen LogP contribution >= 0.6 is 0 Å². The van der Waals surface area contributed by atoms with Crippen molar-refractivity contribution in [2.24, 2.45) is 0 Å². The quantitative estimate of drug-likeness (QED) is 0.185. The summed E-state index contributed by atoms with van der Waals surface area (Å²) in [6.45, 7) is 6.07. The summed E-state index contributed by atoms with van der Waals surface area (Å²) in [6, 6.07) is 32.6. The van der Waals surface area contributed by atoms with Crippen molar-refractivity contribution < 1.29 is 0 Å². The minimum Gasteiger partial charge on any atom is -0.292 e. The van der Waals surface area contributed by atoms with Crippen molar-refractivity contribution >= 4 is 41.1 Å². The highest BCUT2D eigenvalue weighted by Gasteiger charge is 2.18. The Morgan fingerprint density at radius 1 is 0.763 bits per heavy atom. The molecule has 0 saturated carbocycles. The molecule has 2 heterocycles. The molecule has 0 fully saturated rings. The molecule has 0 bridgehead atoms. The minimum atomic E-state index is 0.639. The van der Waals surface area contributed by atoms with Crippen LogP contribution in [-0.2, 0) is 0 Å². The van der Waals surface area contributed by atoms with Gasteiger partial charge in [0.15, 0.2) is 0 Å². The van der Waals surface area contributed by atoms with Gasteiger partial charge in [-0.1, -0.05) is 78.8 Å². The third kappa shape index (κ3) is 4.08. The number of benzene rings is 4. The van der Waals surface area contributed by atoms with Crippen LogP contribution in [0.1, 0.15) is 6.92 Å². The van der Waals surface area contributed by atoms with E-state index in [-0.39, 0.29) is 0 Å². The van der Waals surface area contributed by atoms with Crippen LogP contribution < -0.4 is 5.46 Å². The molecule has 0 aliphatic heterocycles. The molecule has 6 aromatic rings. The predicted molar refractivity (Wildman–Crippen MR) is 160 cm³/mol. The number of hydrogen-bond acceptors (Lipinski definition) is 2. The van der Waals surface area contributed by atoms with E-state index < -0.39 is 0 Å². The lowest BCUT2D eigenvalue weighted by atomic mass is 9.91. The van der Waals surface area contributed by atoms with Gasteiger partial charge >= 0.3 is 0 Å². The number of allylic oxidation sites excluding steroid dienone is 5. The highest BCUT2D eigenvalue weighted by molar-refractivity contribution is 6.33. The summed E-state index contributed by atoms with van der Waals surface area (Å²) in [5.74, 6) is 1.61. The summed E-state index contributed by atoms with van der Waals surface area (Å²) >= 11 is 0. The largest absolute Gasteiger partial charge is 0.292 e. The highest BCUT2D eigenvalue weighted by Crippen LogP contribution is 2.33. The van der Waals surface area contributed by atoms with Gasteiger partial charge in [-0.15, -0.1) is 0 Å². The number of aromatic nitrogens is 4. The standard InChI is InChI=1S/C33H25BN4/c1-3-5-13-26(4-2)37-30-18-11-9-16-28(30)35-32(37)23-20-24(22-25(34)21-23)33-36-29-17-10-12-19-31(29)38(33)27-14-7-6-8-15-27/h3-22H,2H2,1H3/b5-3-,26-13+. The van der Waals surface area contributed by atoms with E-state index in [9.17, 15) is 0 Å². The maximum atomic E-state index is 6.53. The molecule has 5 heteroatoms. The highest BCUT2D eigenvalue weighted by atomic mass is 15.1. The predicted octanol–water partition coefficient (Wildman–Crippen LogP) is 7.11. The number of nitrogens with zero attached hydrogens (tertiary/aromatic N) is 4. The second-order valence-electron chi connectivity index (χ2n) is 9.02. The number of hydrogen-bond donors (Lipinski definition) is 0. The molecular weight excluding hydrogens is 463 g/mol. The van der Waals surface area contributed by atoms with Gasteiger partial charge in [0, 0.05) is 22.5 Å². The van der Waals surface area contributed by atoms with Gasteiger partial charge in [0.1, 0.15) is 19.5 Å². The monoisotopic (exact) mass is 488 g/mol. The van der Waals surface area contributed by atoms with Crippen LogP contribution in [0.4, 0.5) is 0 Å². The molecule has 2 aromatic heterocycles. The first-order valence-electron chi connectivity index (χ1n) is 12.6. The third-order valence-electron chi connectivity index (χ3n) is 6.53. The molecule has 4 aromatic carbocycles. The Kier molecular flexibility index (Phi) is 6.10. The zero-order valence-electron chi connectivity index (χ0n) is 21.1. The molecule has 0 saturated heterocycles. The fraction of sp³-hybridized carbons (Fsp3) is 0.0303. The third-order valence-corrected chi connectivity index (χ3v) is 6.53. The maximum absolute atomic E-state index is 6.53. The van der Waals surface area contributed by atoms with Gasteiger partial charge in [0.2, 0.25) is 0 Å². The average Bonchev–Trinajstić information content (AvgIpc) is 3.53. The number of imidazole rings is 2. The first-order valence-corrected chi connectivity index (χ1v) is 12.6. The van der Waals surface area contributed by atoms with Gasteiger partial charge in [0.25, 0.3) is 0 Å². The van der Waals surface area contributed by atoms with Crippen molar-refractivity contribution in [1.82, 2.24) is 19.1 Å². The molecule has 0 spiro atoms. The van der Waals surface area contributed by atoms with Crippen molar-refractivity contribution in [3.8, 4) is 28.5 Å². The van der Waals surface area contributed by atoms with E-state index in [0.717, 1.165) is 56.2 Å². The lowest BCUT2D eigenvalue weighted by Gasteiger charge is -2.14. The summed E-state index contributed by atoms with van der Waals surface area (Å²) in [5, 5.41) is 0. The second kappa shape index (κ2) is 9.87. The van der Waals surface area contributed by atoms with Crippen LogP contribution in [-0.4, -0.2) is 26.9 Å². The molecule has 180 valence electrons. The van der Waals surface area contributed by atoms with E-state index in [4.69, 9.17) is 17.8 Å². The Labute approximate surface area is 223 Å². The van der Waals surface area contributed by atoms with Gasteiger partial charge in [-0.25, -0.2) is 9.97 Å². The van der Waals surface area contributed by atoms with Gasteiger partial charge in [-0.2, -0.15) is 0 Å². The SMILES string of the molecule is [B]c1cc(-c2nc3ccccc3n2/C(C=C)=C/C=C\C)cc(-c2nc3ccccc3n2-c2ccccc2)c1. The second-order valence-corrected chi connectivity index (χ2v) is 9.02. The zero-order chi connectivity index (χ0) is 26.1. The van der Waals surface area contributed by atoms with E-state index in [1.165, 1.54) is 0 Å². The Morgan fingerprint density at radius 2 is 1.37 bits per heavy atom. The van der Waals surface area contributed by atoms with Crippen molar-refractivity contribution in [3.63, 3.8) is 0 Å². The molecule has 4 nitrogen and oxygen atoms in total. The van der Waals surface area contributed by atoms with E-state index in [0.29, 0.717) is 5.46 Å². The topological polar surface area (TPSA) is 35.6 Å². The van der Waals surface area contributed by atoms with Crippen LogP contribution in [0.25, 0.3) is 56.2 Å². The molecule has 0 aliphatic rings. The summed E-state index contributed by atoms with van der Waals surface area (Å²) in [5.41, 5.74) is 8.27. The molecule has 0 amide bonds. The van der Waals surface area contributed by atoms with Gasteiger partial charge in [-0.3, -0.25) is 9.13 Å². The van der Waals surface area contributed by atoms with E-state index >= 15 is 0 Å². The molecular formula is C33H25BN4. The fourth-order valence-electron chi connectivity index (χ4n) is 4.88. The summed E-state index contributed by atoms with van der Waals surface area (Å²) < 4.78 is 4.30. The van der Waals surface area contributed by atoms with Crippen LogP contribution in [0.15, 0.2) is 128 Å². The Morgan fingerprint density at radius 3 is 2.08 bits per heavy atom. The van der Waals surface area contributed by atoms with E-state index in [1.54, 1.807) is 0 Å². The Bertz CT molecular complexity index is 1860. The zero-order valence-corrected chi connectivity index (χ0v) is 21.1. The van der Waals surface area contributed by atoms with E-state index in [1.807, 2.05) is 98.0 Å². The fourth-order valence-corrected chi connectivity index (χ4v) is 4.88. The number of rotatable bonds is 6. The molecule has 38 heavy (non-hydrogen) atoms. The molecule has 0 unspecified atom stereocenters. The number of para-hydroxylation sites is 5. The molecule has 0 N–H and O–H groups in total. The Hall–Kier alpha value is -4.90. The van der Waals surface area contributed by atoms with Crippen LogP contribution in [0.3, 0.4) is 0 Å². The first-order chi connectivity index (χ1) is 18.7. The van der Waals surface area contributed by atoms with Crippen molar-refractivity contribution in [3.05, 3.63) is 128 Å². The van der Waals surface area contributed by atoms with Crippen LogP contribution in [0, 0.1) is 0 Å². The molecule has 0 aliphatic carbocycles. The Balaban J connectivity index is 1.62. The normalized spacial score (nSPS) is 12.1. The molecule has 6 rings (SSSR count). The van der Waals surface area contributed by atoms with Crippen molar-refractivity contribution in [2.75, 3.05) is 0 Å². The van der Waals surface area contributed by atoms with E-state index in [2.05, 4.69) is 46.0 Å². The van der Waals surface area contributed by atoms with Crippen molar-refractivity contribution in [1.29, 1.82) is 0 Å². The first kappa shape index (κ1) is 23.5. The average molecular weight is 488 g/mol.